The number of halogens is 1. The average molecular weight is 483 g/mol. The van der Waals surface area contributed by atoms with Gasteiger partial charge in [-0.05, 0) is 50.6 Å². The van der Waals surface area contributed by atoms with Crippen LogP contribution in [-0.4, -0.2) is 28.4 Å². The van der Waals surface area contributed by atoms with Crippen molar-refractivity contribution in [3.8, 4) is 0 Å². The molecule has 0 aliphatic rings. The monoisotopic (exact) mass is 483 g/mol. The first-order chi connectivity index (χ1) is 12.0. The summed E-state index contributed by atoms with van der Waals surface area (Å²) in [6, 6.07) is 8.85. The molecule has 3 aromatic heterocycles. The Morgan fingerprint density at radius 2 is 2.12 bits per heavy atom. The summed E-state index contributed by atoms with van der Waals surface area (Å²) >= 11 is 1.85. The van der Waals surface area contributed by atoms with Crippen molar-refractivity contribution in [1.82, 2.24) is 20.0 Å². The molecule has 26 heavy (non-hydrogen) atoms. The van der Waals surface area contributed by atoms with Crippen molar-refractivity contribution in [3.63, 3.8) is 0 Å². The molecule has 0 saturated carbocycles. The quantitative estimate of drug-likeness (QED) is 0.329. The molecule has 1 unspecified atom stereocenters. The number of aryl methyl sites for hydroxylation is 2. The molecule has 0 aliphatic carbocycles. The number of nitrogens with zero attached hydrogens (tertiary/aromatic N) is 3. The maximum atomic E-state index is 4.65. The first-order valence-electron chi connectivity index (χ1n) is 8.50. The smallest absolute Gasteiger partial charge is 0.191 e. The highest BCUT2D eigenvalue weighted by atomic mass is 127. The van der Waals surface area contributed by atoms with Gasteiger partial charge in [-0.15, -0.1) is 35.3 Å². The molecule has 0 amide bonds. The lowest BCUT2D eigenvalue weighted by molar-refractivity contribution is 0.644. The Morgan fingerprint density at radius 1 is 1.31 bits per heavy atom. The van der Waals surface area contributed by atoms with Gasteiger partial charge in [-0.25, -0.2) is 4.98 Å². The summed E-state index contributed by atoms with van der Waals surface area (Å²) in [5, 5.41) is 6.80. The number of imidazole rings is 1. The zero-order valence-corrected chi connectivity index (χ0v) is 18.8. The van der Waals surface area contributed by atoms with Crippen molar-refractivity contribution in [2.24, 2.45) is 4.99 Å². The minimum atomic E-state index is 0. The third kappa shape index (κ3) is 5.44. The van der Waals surface area contributed by atoms with E-state index >= 15 is 0 Å². The molecule has 0 fully saturated rings. The lowest BCUT2D eigenvalue weighted by Gasteiger charge is -2.17. The second kappa shape index (κ2) is 9.36. The summed E-state index contributed by atoms with van der Waals surface area (Å²) < 4.78 is 2.04. The van der Waals surface area contributed by atoms with E-state index < -0.39 is 0 Å². The van der Waals surface area contributed by atoms with Crippen LogP contribution >= 0.6 is 35.3 Å². The fourth-order valence-corrected chi connectivity index (χ4v) is 3.79. The molecule has 3 rings (SSSR count). The number of fused-ring (bicyclic) bond motifs is 1. The van der Waals surface area contributed by atoms with Crippen LogP contribution in [-0.2, 0) is 13.0 Å². The fraction of sp³-hybridized carbons (Fsp3) is 0.368. The summed E-state index contributed by atoms with van der Waals surface area (Å²) in [4.78, 5) is 11.7. The first kappa shape index (κ1) is 20.7. The number of hydrogen-bond donors (Lipinski definition) is 2. The molecular weight excluding hydrogens is 457 g/mol. The van der Waals surface area contributed by atoms with E-state index in [2.05, 4.69) is 65.6 Å². The Morgan fingerprint density at radius 3 is 2.81 bits per heavy atom. The van der Waals surface area contributed by atoms with Crippen molar-refractivity contribution in [3.05, 3.63) is 57.7 Å². The number of rotatable bonds is 5. The van der Waals surface area contributed by atoms with Gasteiger partial charge in [0.25, 0.3) is 0 Å². The number of aromatic nitrogens is 2. The zero-order valence-electron chi connectivity index (χ0n) is 15.6. The van der Waals surface area contributed by atoms with Crippen molar-refractivity contribution >= 4 is 46.9 Å². The highest BCUT2D eigenvalue weighted by Gasteiger charge is 2.09. The summed E-state index contributed by atoms with van der Waals surface area (Å²) in [7, 11) is 1.80. The minimum Gasteiger partial charge on any atom is -0.354 e. The van der Waals surface area contributed by atoms with E-state index in [0.717, 1.165) is 23.7 Å². The van der Waals surface area contributed by atoms with Gasteiger partial charge >= 0.3 is 0 Å². The van der Waals surface area contributed by atoms with Gasteiger partial charge in [0.2, 0.25) is 0 Å². The van der Waals surface area contributed by atoms with Crippen LogP contribution in [0.1, 0.15) is 27.9 Å². The Bertz CT molecular complexity index is 883. The number of pyridine rings is 1. The van der Waals surface area contributed by atoms with Crippen LogP contribution in [0.15, 0.2) is 41.7 Å². The first-order valence-corrected chi connectivity index (χ1v) is 9.32. The van der Waals surface area contributed by atoms with Crippen LogP contribution in [0.5, 0.6) is 0 Å². The molecule has 3 heterocycles. The molecule has 0 aliphatic heterocycles. The van der Waals surface area contributed by atoms with Gasteiger partial charge < -0.3 is 15.0 Å². The maximum absolute atomic E-state index is 4.65. The lowest BCUT2D eigenvalue weighted by atomic mass is 10.2. The minimum absolute atomic E-state index is 0. The number of hydrogen-bond acceptors (Lipinski definition) is 3. The third-order valence-electron chi connectivity index (χ3n) is 4.01. The SMILES string of the molecule is CN=C(NCc1cn2ccc(C)cc2n1)NC(C)Cc1ccc(C)s1.I. The largest absolute Gasteiger partial charge is 0.354 e. The molecule has 140 valence electrons. The summed E-state index contributed by atoms with van der Waals surface area (Å²) in [6.45, 7) is 7.04. The van der Waals surface area contributed by atoms with Gasteiger partial charge in [0.15, 0.2) is 5.96 Å². The maximum Gasteiger partial charge on any atom is 0.191 e. The summed E-state index contributed by atoms with van der Waals surface area (Å²) in [5.74, 6) is 0.800. The molecular formula is C19H26IN5S. The number of thiophene rings is 1. The van der Waals surface area contributed by atoms with E-state index in [9.17, 15) is 0 Å². The van der Waals surface area contributed by atoms with Crippen LogP contribution in [0.25, 0.3) is 5.65 Å². The van der Waals surface area contributed by atoms with Crippen LogP contribution in [0.2, 0.25) is 0 Å². The molecule has 0 aromatic carbocycles. The summed E-state index contributed by atoms with van der Waals surface area (Å²) in [5.41, 5.74) is 3.18. The topological polar surface area (TPSA) is 53.7 Å². The highest BCUT2D eigenvalue weighted by molar-refractivity contribution is 14.0. The van der Waals surface area contributed by atoms with Crippen molar-refractivity contribution in [2.75, 3.05) is 7.05 Å². The number of nitrogens with one attached hydrogen (secondary N) is 2. The van der Waals surface area contributed by atoms with Crippen molar-refractivity contribution in [1.29, 1.82) is 0 Å². The Kier molecular flexibility index (Phi) is 7.45. The molecule has 1 atom stereocenters. The Hall–Kier alpha value is -1.61. The summed E-state index contributed by atoms with van der Waals surface area (Å²) in [6.07, 6.45) is 5.08. The second-order valence-electron chi connectivity index (χ2n) is 6.39. The normalized spacial score (nSPS) is 12.7. The predicted molar refractivity (Wildman–Crippen MR) is 121 cm³/mol. The van der Waals surface area contributed by atoms with Gasteiger partial charge in [-0.2, -0.15) is 0 Å². The van der Waals surface area contributed by atoms with E-state index in [1.165, 1.54) is 15.3 Å². The Balaban J connectivity index is 0.00000243. The average Bonchev–Trinajstić information content (AvgIpc) is 3.16. The van der Waals surface area contributed by atoms with E-state index in [1.54, 1.807) is 7.05 Å². The van der Waals surface area contributed by atoms with Gasteiger partial charge in [0, 0.05) is 41.7 Å². The molecule has 0 bridgehead atoms. The van der Waals surface area contributed by atoms with Gasteiger partial charge in [0.1, 0.15) is 5.65 Å². The molecule has 0 saturated heterocycles. The molecule has 0 radical (unpaired) electrons. The molecule has 5 nitrogen and oxygen atoms in total. The molecule has 2 N–H and O–H groups in total. The molecule has 7 heteroatoms. The second-order valence-corrected chi connectivity index (χ2v) is 7.76. The van der Waals surface area contributed by atoms with Crippen molar-refractivity contribution < 1.29 is 0 Å². The Labute approximate surface area is 176 Å². The van der Waals surface area contributed by atoms with Crippen LogP contribution in [0.4, 0.5) is 0 Å². The van der Waals surface area contributed by atoms with Crippen LogP contribution in [0.3, 0.4) is 0 Å². The van der Waals surface area contributed by atoms with Crippen LogP contribution in [0, 0.1) is 13.8 Å². The standard InChI is InChI=1S/C19H25N5S.HI/c1-13-7-8-24-12-16(23-18(24)9-13)11-21-19(20-4)22-14(2)10-17-6-5-15(3)25-17;/h5-9,12,14H,10-11H2,1-4H3,(H2,20,21,22);1H. The number of aliphatic imine (C=N–C) groups is 1. The lowest BCUT2D eigenvalue weighted by Crippen LogP contribution is -2.42. The third-order valence-corrected chi connectivity index (χ3v) is 5.04. The molecule has 3 aromatic rings. The van der Waals surface area contributed by atoms with Crippen LogP contribution < -0.4 is 10.6 Å². The van der Waals surface area contributed by atoms with Gasteiger partial charge in [0.05, 0.1) is 12.2 Å². The van der Waals surface area contributed by atoms with E-state index in [1.807, 2.05) is 28.1 Å². The van der Waals surface area contributed by atoms with E-state index in [0.29, 0.717) is 12.6 Å². The van der Waals surface area contributed by atoms with E-state index in [-0.39, 0.29) is 24.0 Å². The zero-order chi connectivity index (χ0) is 17.8. The van der Waals surface area contributed by atoms with Crippen molar-refractivity contribution in [2.45, 2.75) is 39.8 Å². The fourth-order valence-electron chi connectivity index (χ4n) is 2.77. The van der Waals surface area contributed by atoms with Gasteiger partial charge in [-0.3, -0.25) is 4.99 Å². The number of guanidine groups is 1. The van der Waals surface area contributed by atoms with Gasteiger partial charge in [-0.1, -0.05) is 0 Å². The van der Waals surface area contributed by atoms with E-state index in [4.69, 9.17) is 0 Å². The molecule has 0 spiro atoms. The predicted octanol–water partition coefficient (Wildman–Crippen LogP) is 3.93. The highest BCUT2D eigenvalue weighted by Crippen LogP contribution is 2.16.